The molecule has 0 bridgehead atoms. The fourth-order valence-corrected chi connectivity index (χ4v) is 2.66. The van der Waals surface area contributed by atoms with Crippen LogP contribution >= 0.6 is 11.8 Å². The zero-order valence-electron chi connectivity index (χ0n) is 10.1. The van der Waals surface area contributed by atoms with Gasteiger partial charge < -0.3 is 5.32 Å². The maximum Gasteiger partial charge on any atom is 0.00828 e. The third-order valence-corrected chi connectivity index (χ3v) is 4.46. The lowest BCUT2D eigenvalue weighted by Crippen LogP contribution is -2.38. The van der Waals surface area contributed by atoms with Crippen LogP contribution in [0, 0.1) is 11.3 Å². The Morgan fingerprint density at radius 1 is 1.29 bits per heavy atom. The zero-order valence-corrected chi connectivity index (χ0v) is 10.9. The molecular formula is C12H25NS. The summed E-state index contributed by atoms with van der Waals surface area (Å²) in [5, 5.41) is 3.71. The van der Waals surface area contributed by atoms with Crippen LogP contribution in [-0.4, -0.2) is 24.1 Å². The van der Waals surface area contributed by atoms with Crippen molar-refractivity contribution in [1.82, 2.24) is 5.32 Å². The normalized spacial score (nSPS) is 22.3. The monoisotopic (exact) mass is 215 g/mol. The van der Waals surface area contributed by atoms with Gasteiger partial charge in [-0.2, -0.15) is 11.8 Å². The Bertz CT molecular complexity index is 156. The average Bonchev–Trinajstić information content (AvgIpc) is 2.14. The first-order valence-corrected chi connectivity index (χ1v) is 6.97. The lowest BCUT2D eigenvalue weighted by molar-refractivity contribution is 0.243. The van der Waals surface area contributed by atoms with E-state index in [-0.39, 0.29) is 0 Å². The van der Waals surface area contributed by atoms with Gasteiger partial charge in [-0.15, -0.1) is 0 Å². The van der Waals surface area contributed by atoms with Crippen LogP contribution in [0.4, 0.5) is 0 Å². The fraction of sp³-hybridized carbons (Fsp3) is 1.00. The third kappa shape index (κ3) is 4.22. The average molecular weight is 215 g/mol. The maximum absolute atomic E-state index is 3.71. The van der Waals surface area contributed by atoms with Crippen LogP contribution in [0.5, 0.6) is 0 Å². The van der Waals surface area contributed by atoms with Gasteiger partial charge in [0.25, 0.3) is 0 Å². The largest absolute Gasteiger partial charge is 0.314 e. The smallest absolute Gasteiger partial charge is 0.00828 e. The highest BCUT2D eigenvalue weighted by atomic mass is 32.2. The molecule has 1 saturated heterocycles. The predicted molar refractivity (Wildman–Crippen MR) is 67.0 cm³/mol. The molecule has 0 radical (unpaired) electrons. The molecule has 1 N–H and O–H groups in total. The van der Waals surface area contributed by atoms with E-state index in [2.05, 4.69) is 44.8 Å². The molecule has 0 aromatic rings. The van der Waals surface area contributed by atoms with Crippen molar-refractivity contribution in [2.45, 2.75) is 46.6 Å². The number of rotatable bonds is 3. The molecule has 1 nitrogen and oxygen atoms in total. The summed E-state index contributed by atoms with van der Waals surface area (Å²) in [5.41, 5.74) is 0.441. The molecule has 1 rings (SSSR count). The van der Waals surface area contributed by atoms with Crippen LogP contribution in [-0.2, 0) is 0 Å². The molecular weight excluding hydrogens is 190 g/mol. The van der Waals surface area contributed by atoms with Crippen molar-refractivity contribution in [3.05, 3.63) is 0 Å². The molecule has 14 heavy (non-hydrogen) atoms. The van der Waals surface area contributed by atoms with E-state index < -0.39 is 0 Å². The number of hydrogen-bond donors (Lipinski definition) is 1. The van der Waals surface area contributed by atoms with Crippen molar-refractivity contribution in [3.8, 4) is 0 Å². The van der Waals surface area contributed by atoms with Crippen molar-refractivity contribution in [1.29, 1.82) is 0 Å². The van der Waals surface area contributed by atoms with Crippen molar-refractivity contribution in [2.75, 3.05) is 18.1 Å². The molecule has 1 heterocycles. The Morgan fingerprint density at radius 3 is 2.36 bits per heavy atom. The van der Waals surface area contributed by atoms with Crippen molar-refractivity contribution in [2.24, 2.45) is 11.3 Å². The Balaban J connectivity index is 2.19. The lowest BCUT2D eigenvalue weighted by Gasteiger charge is -2.30. The molecule has 84 valence electrons. The highest BCUT2D eigenvalue weighted by Gasteiger charge is 2.21. The first-order chi connectivity index (χ1) is 6.50. The molecule has 1 fully saturated rings. The van der Waals surface area contributed by atoms with E-state index in [1.54, 1.807) is 0 Å². The summed E-state index contributed by atoms with van der Waals surface area (Å²) in [6.45, 7) is 10.5. The maximum atomic E-state index is 3.71. The zero-order chi connectivity index (χ0) is 10.6. The minimum Gasteiger partial charge on any atom is -0.314 e. The van der Waals surface area contributed by atoms with Crippen molar-refractivity contribution >= 4 is 11.8 Å². The van der Waals surface area contributed by atoms with Gasteiger partial charge in [0.2, 0.25) is 0 Å². The molecule has 1 aliphatic rings. The second-order valence-electron chi connectivity index (χ2n) is 5.56. The highest BCUT2D eigenvalue weighted by molar-refractivity contribution is 7.99. The summed E-state index contributed by atoms with van der Waals surface area (Å²) < 4.78 is 0. The molecule has 0 aromatic carbocycles. The molecule has 0 aliphatic carbocycles. The summed E-state index contributed by atoms with van der Waals surface area (Å²) in [4.78, 5) is 0. The minimum absolute atomic E-state index is 0.441. The summed E-state index contributed by atoms with van der Waals surface area (Å²) in [6, 6.07) is 0.793. The Kier molecular flexibility index (Phi) is 4.78. The van der Waals surface area contributed by atoms with E-state index in [9.17, 15) is 0 Å². The van der Waals surface area contributed by atoms with Gasteiger partial charge in [0.05, 0.1) is 0 Å². The SMILES string of the molecule is CC(CNC1CCSCC1)C(C)(C)C. The molecule has 1 unspecified atom stereocenters. The third-order valence-electron chi connectivity index (χ3n) is 3.41. The Hall–Kier alpha value is 0.310. The second-order valence-corrected chi connectivity index (χ2v) is 6.79. The van der Waals surface area contributed by atoms with E-state index in [1.165, 1.54) is 30.9 Å². The first-order valence-electron chi connectivity index (χ1n) is 5.81. The number of hydrogen-bond acceptors (Lipinski definition) is 2. The predicted octanol–water partition coefficient (Wildman–Crippen LogP) is 3.15. The summed E-state index contributed by atoms with van der Waals surface area (Å²) in [6.07, 6.45) is 2.73. The fourth-order valence-electron chi connectivity index (χ4n) is 1.55. The molecule has 0 saturated carbocycles. The van der Waals surface area contributed by atoms with Crippen molar-refractivity contribution in [3.63, 3.8) is 0 Å². The van der Waals surface area contributed by atoms with Gasteiger partial charge in [-0.05, 0) is 42.2 Å². The minimum atomic E-state index is 0.441. The van der Waals surface area contributed by atoms with Crippen LogP contribution < -0.4 is 5.32 Å². The topological polar surface area (TPSA) is 12.0 Å². The van der Waals surface area contributed by atoms with Gasteiger partial charge in [-0.1, -0.05) is 27.7 Å². The van der Waals surface area contributed by atoms with Gasteiger partial charge in [0, 0.05) is 6.04 Å². The first kappa shape index (κ1) is 12.4. The quantitative estimate of drug-likeness (QED) is 0.776. The van der Waals surface area contributed by atoms with E-state index >= 15 is 0 Å². The molecule has 1 atom stereocenters. The highest BCUT2D eigenvalue weighted by Crippen LogP contribution is 2.25. The molecule has 2 heteroatoms. The van der Waals surface area contributed by atoms with Crippen LogP contribution in [0.25, 0.3) is 0 Å². The van der Waals surface area contributed by atoms with Gasteiger partial charge >= 0.3 is 0 Å². The van der Waals surface area contributed by atoms with Gasteiger partial charge in [0.1, 0.15) is 0 Å². The van der Waals surface area contributed by atoms with Gasteiger partial charge in [-0.3, -0.25) is 0 Å². The summed E-state index contributed by atoms with van der Waals surface area (Å²) in [5.74, 6) is 3.46. The van der Waals surface area contributed by atoms with E-state index in [0.29, 0.717) is 5.41 Å². The van der Waals surface area contributed by atoms with Crippen LogP contribution in [0.15, 0.2) is 0 Å². The van der Waals surface area contributed by atoms with E-state index in [1.807, 2.05) is 0 Å². The van der Waals surface area contributed by atoms with Crippen molar-refractivity contribution < 1.29 is 0 Å². The van der Waals surface area contributed by atoms with E-state index in [4.69, 9.17) is 0 Å². The Morgan fingerprint density at radius 2 is 1.86 bits per heavy atom. The molecule has 1 aliphatic heterocycles. The molecule has 0 aromatic heterocycles. The Labute approximate surface area is 93.4 Å². The van der Waals surface area contributed by atoms with Crippen LogP contribution in [0.3, 0.4) is 0 Å². The van der Waals surface area contributed by atoms with E-state index in [0.717, 1.165) is 12.0 Å². The summed E-state index contributed by atoms with van der Waals surface area (Å²) >= 11 is 2.10. The standard InChI is InChI=1S/C12H25NS/c1-10(12(2,3)4)9-13-11-5-7-14-8-6-11/h10-11,13H,5-9H2,1-4H3. The van der Waals surface area contributed by atoms with Crippen LogP contribution in [0.2, 0.25) is 0 Å². The molecule has 0 spiro atoms. The molecule has 0 amide bonds. The number of thioether (sulfide) groups is 1. The number of nitrogens with one attached hydrogen (secondary N) is 1. The van der Waals surface area contributed by atoms with Gasteiger partial charge in [-0.25, -0.2) is 0 Å². The lowest BCUT2D eigenvalue weighted by atomic mass is 9.82. The van der Waals surface area contributed by atoms with Gasteiger partial charge in [0.15, 0.2) is 0 Å². The summed E-state index contributed by atoms with van der Waals surface area (Å²) in [7, 11) is 0. The second kappa shape index (κ2) is 5.41. The van der Waals surface area contributed by atoms with Crippen LogP contribution in [0.1, 0.15) is 40.5 Å².